The number of anilines is 2. The Morgan fingerprint density at radius 2 is 2.05 bits per heavy atom. The number of aliphatic hydroxyl groups is 1. The van der Waals surface area contributed by atoms with Crippen molar-refractivity contribution in [3.05, 3.63) is 23.8 Å². The Balaban J connectivity index is 1.67. The molecule has 0 spiro atoms. The summed E-state index contributed by atoms with van der Waals surface area (Å²) in [6, 6.07) is 5.97. The highest BCUT2D eigenvalue weighted by molar-refractivity contribution is 5.90. The summed E-state index contributed by atoms with van der Waals surface area (Å²) in [5.41, 5.74) is 3.29. The smallest absolute Gasteiger partial charge is 0.322 e. The van der Waals surface area contributed by atoms with Crippen molar-refractivity contribution in [2.24, 2.45) is 0 Å². The molecule has 0 unspecified atom stereocenters. The second kappa shape index (κ2) is 6.57. The number of benzene rings is 1. The Labute approximate surface area is 131 Å². The number of urea groups is 1. The normalized spacial score (nSPS) is 21.5. The molecule has 22 heavy (non-hydrogen) atoms. The third-order valence-corrected chi connectivity index (χ3v) is 4.74. The number of nitrogens with zero attached hydrogens (tertiary/aromatic N) is 2. The maximum absolute atomic E-state index is 12.3. The first-order valence-corrected chi connectivity index (χ1v) is 8.23. The summed E-state index contributed by atoms with van der Waals surface area (Å²) in [6.07, 6.45) is 4.37. The van der Waals surface area contributed by atoms with Crippen molar-refractivity contribution < 1.29 is 9.90 Å². The molecule has 5 heteroatoms. The molecule has 0 aromatic heterocycles. The molecule has 2 fully saturated rings. The van der Waals surface area contributed by atoms with Gasteiger partial charge in [-0.2, -0.15) is 0 Å². The Bertz CT molecular complexity index is 541. The lowest BCUT2D eigenvalue weighted by molar-refractivity contribution is 0.166. The molecule has 2 saturated heterocycles. The van der Waals surface area contributed by atoms with Crippen LogP contribution in [0.1, 0.15) is 31.2 Å². The Kier molecular flexibility index (Phi) is 4.52. The van der Waals surface area contributed by atoms with Crippen molar-refractivity contribution in [1.29, 1.82) is 0 Å². The quantitative estimate of drug-likeness (QED) is 0.902. The maximum Gasteiger partial charge on any atom is 0.322 e. The van der Waals surface area contributed by atoms with Gasteiger partial charge in [0.2, 0.25) is 0 Å². The average Bonchev–Trinajstić information content (AvgIpc) is 3.18. The summed E-state index contributed by atoms with van der Waals surface area (Å²) in [4.78, 5) is 16.5. The van der Waals surface area contributed by atoms with Crippen LogP contribution in [0.4, 0.5) is 16.2 Å². The second-order valence-corrected chi connectivity index (χ2v) is 6.30. The van der Waals surface area contributed by atoms with Gasteiger partial charge in [-0.15, -0.1) is 0 Å². The fourth-order valence-electron chi connectivity index (χ4n) is 3.53. The lowest BCUT2D eigenvalue weighted by atomic mass is 10.1. The second-order valence-electron chi connectivity index (χ2n) is 6.30. The molecule has 2 heterocycles. The van der Waals surface area contributed by atoms with Crippen molar-refractivity contribution in [2.75, 3.05) is 36.5 Å². The number of aliphatic hydroxyl groups excluding tert-OH is 1. The first-order valence-electron chi connectivity index (χ1n) is 8.23. The van der Waals surface area contributed by atoms with E-state index in [2.05, 4.69) is 23.2 Å². The number of carbonyl (C=O) groups is 1. The lowest BCUT2D eigenvalue weighted by Crippen LogP contribution is -2.40. The number of hydrogen-bond acceptors (Lipinski definition) is 3. The summed E-state index contributed by atoms with van der Waals surface area (Å²) in [7, 11) is 0. The van der Waals surface area contributed by atoms with Crippen LogP contribution in [0.25, 0.3) is 0 Å². The molecule has 0 bridgehead atoms. The van der Waals surface area contributed by atoms with Crippen LogP contribution in [0.3, 0.4) is 0 Å². The van der Waals surface area contributed by atoms with E-state index in [0.717, 1.165) is 38.2 Å². The van der Waals surface area contributed by atoms with Crippen LogP contribution >= 0.6 is 0 Å². The number of amides is 2. The fraction of sp³-hybridized carbons (Fsp3) is 0.588. The van der Waals surface area contributed by atoms with Crippen LogP contribution in [-0.4, -0.2) is 48.3 Å². The zero-order valence-electron chi connectivity index (χ0n) is 13.2. The van der Waals surface area contributed by atoms with E-state index < -0.39 is 0 Å². The first kappa shape index (κ1) is 15.2. The molecule has 1 aromatic rings. The molecule has 0 saturated carbocycles. The Morgan fingerprint density at radius 3 is 2.73 bits per heavy atom. The van der Waals surface area contributed by atoms with Gasteiger partial charge in [0.05, 0.1) is 12.6 Å². The molecule has 1 aromatic carbocycles. The molecule has 1 atom stereocenters. The Hall–Kier alpha value is -1.75. The zero-order valence-corrected chi connectivity index (χ0v) is 13.2. The van der Waals surface area contributed by atoms with E-state index >= 15 is 0 Å². The third-order valence-electron chi connectivity index (χ3n) is 4.74. The van der Waals surface area contributed by atoms with Gasteiger partial charge in [0, 0.05) is 31.0 Å². The molecule has 2 aliphatic rings. The molecule has 0 aliphatic carbocycles. The van der Waals surface area contributed by atoms with Gasteiger partial charge in [0.25, 0.3) is 0 Å². The van der Waals surface area contributed by atoms with Crippen LogP contribution in [0.15, 0.2) is 18.2 Å². The van der Waals surface area contributed by atoms with Crippen LogP contribution in [0.2, 0.25) is 0 Å². The molecule has 2 aliphatic heterocycles. The van der Waals surface area contributed by atoms with Crippen molar-refractivity contribution in [2.45, 2.75) is 38.6 Å². The van der Waals surface area contributed by atoms with Gasteiger partial charge in [-0.05, 0) is 56.4 Å². The average molecular weight is 303 g/mol. The van der Waals surface area contributed by atoms with Gasteiger partial charge < -0.3 is 20.2 Å². The van der Waals surface area contributed by atoms with E-state index in [9.17, 15) is 9.90 Å². The number of nitrogens with one attached hydrogen (secondary N) is 1. The maximum atomic E-state index is 12.3. The molecule has 120 valence electrons. The molecule has 2 amide bonds. The van der Waals surface area contributed by atoms with Gasteiger partial charge >= 0.3 is 6.03 Å². The molecule has 2 N–H and O–H groups in total. The number of rotatable bonds is 3. The van der Waals surface area contributed by atoms with Gasteiger partial charge in [-0.1, -0.05) is 0 Å². The fourth-order valence-corrected chi connectivity index (χ4v) is 3.53. The minimum absolute atomic E-state index is 0.0371. The van der Waals surface area contributed by atoms with Gasteiger partial charge in [0.15, 0.2) is 0 Å². The van der Waals surface area contributed by atoms with Crippen LogP contribution in [0.5, 0.6) is 0 Å². The highest BCUT2D eigenvalue weighted by atomic mass is 16.3. The molecule has 3 rings (SSSR count). The predicted octanol–water partition coefficient (Wildman–Crippen LogP) is 2.58. The number of likely N-dealkylation sites (tertiary alicyclic amines) is 1. The summed E-state index contributed by atoms with van der Waals surface area (Å²) in [6.45, 7) is 5.11. The lowest BCUT2D eigenvalue weighted by Gasteiger charge is -2.24. The first-order chi connectivity index (χ1) is 10.7. The summed E-state index contributed by atoms with van der Waals surface area (Å²) in [5, 5.41) is 12.3. The van der Waals surface area contributed by atoms with E-state index in [-0.39, 0.29) is 18.7 Å². The standard InChI is InChI=1S/C17H25N3O2/c1-13-11-14(6-7-16(13)19-8-2-3-9-19)18-17(22)20-10-4-5-15(20)12-21/h6-7,11,15,21H,2-5,8-10,12H2,1H3,(H,18,22)/t15-/m1/s1. The molecule has 5 nitrogen and oxygen atoms in total. The van der Waals surface area contributed by atoms with E-state index in [1.165, 1.54) is 24.1 Å². The van der Waals surface area contributed by atoms with Crippen LogP contribution in [0, 0.1) is 6.92 Å². The number of hydrogen-bond donors (Lipinski definition) is 2. The monoisotopic (exact) mass is 303 g/mol. The van der Waals surface area contributed by atoms with E-state index in [1.807, 2.05) is 12.1 Å². The minimum atomic E-state index is -0.107. The number of aryl methyl sites for hydroxylation is 1. The van der Waals surface area contributed by atoms with Crippen LogP contribution < -0.4 is 10.2 Å². The van der Waals surface area contributed by atoms with Gasteiger partial charge in [-0.3, -0.25) is 0 Å². The van der Waals surface area contributed by atoms with Crippen molar-refractivity contribution >= 4 is 17.4 Å². The van der Waals surface area contributed by atoms with Gasteiger partial charge in [-0.25, -0.2) is 4.79 Å². The highest BCUT2D eigenvalue weighted by Gasteiger charge is 2.28. The minimum Gasteiger partial charge on any atom is -0.394 e. The van der Waals surface area contributed by atoms with E-state index in [0.29, 0.717) is 0 Å². The highest BCUT2D eigenvalue weighted by Crippen LogP contribution is 2.27. The predicted molar refractivity (Wildman–Crippen MR) is 88.5 cm³/mol. The van der Waals surface area contributed by atoms with Crippen molar-refractivity contribution in [1.82, 2.24) is 4.90 Å². The summed E-state index contributed by atoms with van der Waals surface area (Å²) in [5.74, 6) is 0. The third kappa shape index (κ3) is 3.04. The zero-order chi connectivity index (χ0) is 15.5. The summed E-state index contributed by atoms with van der Waals surface area (Å²) >= 11 is 0. The Morgan fingerprint density at radius 1 is 1.27 bits per heavy atom. The summed E-state index contributed by atoms with van der Waals surface area (Å²) < 4.78 is 0. The van der Waals surface area contributed by atoms with Gasteiger partial charge in [0.1, 0.15) is 0 Å². The molecular weight excluding hydrogens is 278 g/mol. The van der Waals surface area contributed by atoms with Crippen molar-refractivity contribution in [3.8, 4) is 0 Å². The van der Waals surface area contributed by atoms with E-state index in [1.54, 1.807) is 4.90 Å². The van der Waals surface area contributed by atoms with Crippen LogP contribution in [-0.2, 0) is 0 Å². The van der Waals surface area contributed by atoms with Crippen molar-refractivity contribution in [3.63, 3.8) is 0 Å². The van der Waals surface area contributed by atoms with E-state index in [4.69, 9.17) is 0 Å². The largest absolute Gasteiger partial charge is 0.394 e. The molecular formula is C17H25N3O2. The number of carbonyl (C=O) groups excluding carboxylic acids is 1. The SMILES string of the molecule is Cc1cc(NC(=O)N2CCC[C@@H]2CO)ccc1N1CCCC1. The topological polar surface area (TPSA) is 55.8 Å². The molecule has 0 radical (unpaired) electrons.